The largest absolute Gasteiger partial charge is 0.416 e. The van der Waals surface area contributed by atoms with Crippen molar-refractivity contribution in [2.45, 2.75) is 38.1 Å². The van der Waals surface area contributed by atoms with Crippen LogP contribution in [0, 0.1) is 5.92 Å². The highest BCUT2D eigenvalue weighted by Gasteiger charge is 2.39. The number of carbonyl (C=O) groups is 1. The van der Waals surface area contributed by atoms with Gasteiger partial charge >= 0.3 is 6.18 Å². The molecule has 4 rings (SSSR count). The van der Waals surface area contributed by atoms with Gasteiger partial charge < -0.3 is 15.7 Å². The lowest BCUT2D eigenvalue weighted by Gasteiger charge is -2.19. The van der Waals surface area contributed by atoms with Gasteiger partial charge in [0.05, 0.1) is 29.3 Å². The van der Waals surface area contributed by atoms with Crippen molar-refractivity contribution in [1.29, 1.82) is 0 Å². The molecule has 3 aromatic rings. The van der Waals surface area contributed by atoms with Crippen LogP contribution in [-0.4, -0.2) is 43.6 Å². The topological polar surface area (TPSA) is 113 Å². The van der Waals surface area contributed by atoms with Crippen LogP contribution in [0.5, 0.6) is 0 Å². The minimum Gasteiger partial charge on any atom is -0.393 e. The quantitative estimate of drug-likeness (QED) is 0.504. The van der Waals surface area contributed by atoms with Gasteiger partial charge in [0.25, 0.3) is 0 Å². The summed E-state index contributed by atoms with van der Waals surface area (Å²) in [5.41, 5.74) is 0.568. The zero-order chi connectivity index (χ0) is 24.5. The molecule has 0 aliphatic carbocycles. The van der Waals surface area contributed by atoms with E-state index in [9.17, 15) is 23.1 Å². The summed E-state index contributed by atoms with van der Waals surface area (Å²) >= 11 is 0. The minimum atomic E-state index is -4.43. The molecule has 11 heteroatoms. The molecule has 1 aliphatic rings. The SMILES string of the molecule is C[C@H](Nc1nccc([C@@H]2C(=O)NCC2[C@@H](C)O)n1)c1ncc(-c2cccc(C(F)(F)F)c2)cn1. The number of nitrogens with one attached hydrogen (secondary N) is 2. The monoisotopic (exact) mass is 472 g/mol. The number of anilines is 1. The van der Waals surface area contributed by atoms with Gasteiger partial charge in [0.1, 0.15) is 5.82 Å². The van der Waals surface area contributed by atoms with Gasteiger partial charge in [0.15, 0.2) is 0 Å². The van der Waals surface area contributed by atoms with E-state index in [0.29, 0.717) is 29.2 Å². The van der Waals surface area contributed by atoms with Crippen LogP contribution in [0.3, 0.4) is 0 Å². The van der Waals surface area contributed by atoms with Crippen molar-refractivity contribution in [2.75, 3.05) is 11.9 Å². The number of aliphatic hydroxyl groups excluding tert-OH is 1. The molecule has 0 spiro atoms. The van der Waals surface area contributed by atoms with Crippen molar-refractivity contribution in [3.8, 4) is 11.1 Å². The van der Waals surface area contributed by atoms with E-state index in [1.807, 2.05) is 0 Å². The molecule has 0 saturated carbocycles. The maximum atomic E-state index is 13.0. The number of alkyl halides is 3. The summed E-state index contributed by atoms with van der Waals surface area (Å²) in [5, 5.41) is 15.8. The predicted molar refractivity (Wildman–Crippen MR) is 117 cm³/mol. The van der Waals surface area contributed by atoms with Crippen molar-refractivity contribution < 1.29 is 23.1 Å². The molecule has 1 saturated heterocycles. The molecule has 2 aromatic heterocycles. The third-order valence-corrected chi connectivity index (χ3v) is 5.77. The molecular formula is C23H23F3N6O2. The molecule has 8 nitrogen and oxygen atoms in total. The Morgan fingerprint density at radius 1 is 1.12 bits per heavy atom. The van der Waals surface area contributed by atoms with Crippen molar-refractivity contribution in [2.24, 2.45) is 5.92 Å². The fourth-order valence-electron chi connectivity index (χ4n) is 3.90. The lowest BCUT2D eigenvalue weighted by Crippen LogP contribution is -2.25. The Bertz CT molecular complexity index is 1170. The fraction of sp³-hybridized carbons (Fsp3) is 0.348. The smallest absolute Gasteiger partial charge is 0.393 e. The fourth-order valence-corrected chi connectivity index (χ4v) is 3.90. The first-order chi connectivity index (χ1) is 16.1. The van der Waals surface area contributed by atoms with Crippen molar-refractivity contribution in [3.63, 3.8) is 0 Å². The van der Waals surface area contributed by atoms with Crippen LogP contribution in [0.2, 0.25) is 0 Å². The summed E-state index contributed by atoms with van der Waals surface area (Å²) in [6, 6.07) is 6.19. The van der Waals surface area contributed by atoms with E-state index in [4.69, 9.17) is 0 Å². The van der Waals surface area contributed by atoms with E-state index in [2.05, 4.69) is 30.6 Å². The highest BCUT2D eigenvalue weighted by atomic mass is 19.4. The summed E-state index contributed by atoms with van der Waals surface area (Å²) in [7, 11) is 0. The van der Waals surface area contributed by atoms with Gasteiger partial charge in [0, 0.05) is 36.6 Å². The Morgan fingerprint density at radius 2 is 1.85 bits per heavy atom. The molecule has 178 valence electrons. The van der Waals surface area contributed by atoms with Crippen molar-refractivity contribution in [3.05, 3.63) is 66.0 Å². The zero-order valence-electron chi connectivity index (χ0n) is 18.4. The standard InChI is InChI=1S/C23H23F3N6O2/c1-12(20-28-9-15(10-29-20)14-4-3-5-16(8-14)23(24,25)26)31-22-27-7-6-18(32-22)19-17(13(2)33)11-30-21(19)34/h3-10,12-13,17,19,33H,11H2,1-2H3,(H,30,34)(H,27,31,32)/t12-,13+,17?,19+/m0/s1. The van der Waals surface area contributed by atoms with Gasteiger partial charge in [-0.15, -0.1) is 0 Å². The Labute approximate surface area is 193 Å². The second-order valence-corrected chi connectivity index (χ2v) is 8.21. The molecule has 0 radical (unpaired) electrons. The first kappa shape index (κ1) is 23.6. The number of hydrogen-bond acceptors (Lipinski definition) is 7. The highest BCUT2D eigenvalue weighted by molar-refractivity contribution is 5.85. The Balaban J connectivity index is 1.49. The maximum Gasteiger partial charge on any atom is 0.416 e. The first-order valence-corrected chi connectivity index (χ1v) is 10.7. The molecule has 1 amide bonds. The molecule has 4 atom stereocenters. The average molecular weight is 472 g/mol. The Morgan fingerprint density at radius 3 is 2.53 bits per heavy atom. The number of carbonyl (C=O) groups excluding carboxylic acids is 1. The van der Waals surface area contributed by atoms with Gasteiger partial charge in [-0.1, -0.05) is 12.1 Å². The number of hydrogen-bond donors (Lipinski definition) is 3. The number of amides is 1. The summed E-state index contributed by atoms with van der Waals surface area (Å²) in [6.45, 7) is 3.80. The van der Waals surface area contributed by atoms with Gasteiger partial charge in [-0.2, -0.15) is 13.2 Å². The Kier molecular flexibility index (Phi) is 6.47. The minimum absolute atomic E-state index is 0.197. The summed E-state index contributed by atoms with van der Waals surface area (Å²) in [6.07, 6.45) is -0.664. The van der Waals surface area contributed by atoms with Crippen LogP contribution in [0.1, 0.15) is 42.9 Å². The van der Waals surface area contributed by atoms with Crippen LogP contribution >= 0.6 is 0 Å². The number of halogens is 3. The summed E-state index contributed by atoms with van der Waals surface area (Å²) < 4.78 is 39.0. The second kappa shape index (κ2) is 9.34. The molecule has 3 heterocycles. The van der Waals surface area contributed by atoms with E-state index in [1.54, 1.807) is 26.0 Å². The highest BCUT2D eigenvalue weighted by Crippen LogP contribution is 2.32. The van der Waals surface area contributed by atoms with Crippen LogP contribution in [0.25, 0.3) is 11.1 Å². The van der Waals surface area contributed by atoms with Gasteiger partial charge in [-0.3, -0.25) is 4.79 Å². The van der Waals surface area contributed by atoms with E-state index >= 15 is 0 Å². The van der Waals surface area contributed by atoms with Gasteiger partial charge in [-0.25, -0.2) is 19.9 Å². The molecule has 1 fully saturated rings. The van der Waals surface area contributed by atoms with Crippen LogP contribution in [0.15, 0.2) is 48.9 Å². The summed E-state index contributed by atoms with van der Waals surface area (Å²) in [4.78, 5) is 29.5. The molecule has 1 unspecified atom stereocenters. The number of aromatic nitrogens is 4. The molecular weight excluding hydrogens is 449 g/mol. The average Bonchev–Trinajstić information content (AvgIpc) is 3.20. The number of nitrogens with zero attached hydrogens (tertiary/aromatic N) is 4. The number of aliphatic hydroxyl groups is 1. The molecule has 1 aromatic carbocycles. The van der Waals surface area contributed by atoms with E-state index in [0.717, 1.165) is 12.1 Å². The summed E-state index contributed by atoms with van der Waals surface area (Å²) in [5.74, 6) is -0.414. The van der Waals surface area contributed by atoms with Crippen molar-refractivity contribution >= 4 is 11.9 Å². The maximum absolute atomic E-state index is 13.0. The Hall–Kier alpha value is -3.60. The molecule has 1 aliphatic heterocycles. The number of benzene rings is 1. The molecule has 3 N–H and O–H groups in total. The zero-order valence-corrected chi connectivity index (χ0v) is 18.4. The lowest BCUT2D eigenvalue weighted by atomic mass is 9.88. The lowest BCUT2D eigenvalue weighted by molar-refractivity contribution is -0.137. The van der Waals surface area contributed by atoms with E-state index in [-0.39, 0.29) is 17.8 Å². The van der Waals surface area contributed by atoms with E-state index in [1.165, 1.54) is 24.7 Å². The van der Waals surface area contributed by atoms with Crippen LogP contribution in [-0.2, 0) is 11.0 Å². The second-order valence-electron chi connectivity index (χ2n) is 8.21. The third-order valence-electron chi connectivity index (χ3n) is 5.77. The van der Waals surface area contributed by atoms with Crippen LogP contribution < -0.4 is 10.6 Å². The third kappa shape index (κ3) is 4.98. The van der Waals surface area contributed by atoms with Crippen LogP contribution in [0.4, 0.5) is 19.1 Å². The van der Waals surface area contributed by atoms with Gasteiger partial charge in [-0.05, 0) is 37.6 Å². The van der Waals surface area contributed by atoms with Crippen molar-refractivity contribution in [1.82, 2.24) is 25.3 Å². The first-order valence-electron chi connectivity index (χ1n) is 10.7. The normalized spacial score (nSPS) is 20.0. The van der Waals surface area contributed by atoms with Gasteiger partial charge in [0.2, 0.25) is 11.9 Å². The molecule has 0 bridgehead atoms. The molecule has 34 heavy (non-hydrogen) atoms. The number of rotatable bonds is 6. The van der Waals surface area contributed by atoms with E-state index < -0.39 is 29.8 Å². The predicted octanol–water partition coefficient (Wildman–Crippen LogP) is 3.34.